The molecule has 1 N–H and O–H groups in total. The van der Waals surface area contributed by atoms with Crippen LogP contribution in [0.3, 0.4) is 0 Å². The molecule has 0 aromatic rings. The first-order valence-corrected chi connectivity index (χ1v) is 6.40. The predicted molar refractivity (Wildman–Crippen MR) is 65.1 cm³/mol. The second-order valence-electron chi connectivity index (χ2n) is 5.02. The molecule has 1 saturated heterocycles. The maximum Gasteiger partial charge on any atom is 0.410 e. The van der Waals surface area contributed by atoms with Crippen molar-refractivity contribution in [3.8, 4) is 0 Å². The summed E-state index contributed by atoms with van der Waals surface area (Å²) in [6, 6.07) is 0.165. The highest BCUT2D eigenvalue weighted by Gasteiger charge is 2.43. The molecular weight excluding hydrogens is 234 g/mol. The van der Waals surface area contributed by atoms with Gasteiger partial charge < -0.3 is 14.7 Å². The molecule has 5 heteroatoms. The van der Waals surface area contributed by atoms with E-state index in [1.165, 1.54) is 0 Å². The summed E-state index contributed by atoms with van der Waals surface area (Å²) in [6.45, 7) is 4.41. The SMILES string of the molecule is C=CCOC(=O)N1CCC2CC(C(=O)O)CCC21. The number of carbonyl (C=O) groups excluding carboxylic acids is 1. The molecule has 0 radical (unpaired) electrons. The highest BCUT2D eigenvalue weighted by atomic mass is 16.6. The molecule has 1 heterocycles. The molecule has 1 aliphatic carbocycles. The molecule has 3 unspecified atom stereocenters. The molecule has 3 atom stereocenters. The van der Waals surface area contributed by atoms with Crippen molar-refractivity contribution < 1.29 is 19.4 Å². The molecule has 1 amide bonds. The lowest BCUT2D eigenvalue weighted by Gasteiger charge is -2.33. The van der Waals surface area contributed by atoms with E-state index in [2.05, 4.69) is 6.58 Å². The molecule has 1 saturated carbocycles. The number of rotatable bonds is 3. The normalized spacial score (nSPS) is 30.7. The van der Waals surface area contributed by atoms with Gasteiger partial charge in [0.15, 0.2) is 0 Å². The number of carbonyl (C=O) groups is 2. The maximum atomic E-state index is 11.8. The van der Waals surface area contributed by atoms with Gasteiger partial charge in [-0.1, -0.05) is 12.7 Å². The van der Waals surface area contributed by atoms with Crippen LogP contribution in [0.15, 0.2) is 12.7 Å². The van der Waals surface area contributed by atoms with Gasteiger partial charge in [-0.25, -0.2) is 4.79 Å². The fourth-order valence-electron chi connectivity index (χ4n) is 3.10. The van der Waals surface area contributed by atoms with E-state index in [0.29, 0.717) is 25.3 Å². The Morgan fingerprint density at radius 2 is 2.17 bits per heavy atom. The summed E-state index contributed by atoms with van der Waals surface area (Å²) in [4.78, 5) is 24.6. The number of carboxylic acids is 1. The molecule has 1 aliphatic heterocycles. The van der Waals surface area contributed by atoms with Crippen LogP contribution in [0.4, 0.5) is 4.79 Å². The number of ether oxygens (including phenoxy) is 1. The zero-order valence-electron chi connectivity index (χ0n) is 10.4. The first kappa shape index (κ1) is 12.9. The predicted octanol–water partition coefficient (Wildman–Crippen LogP) is 1.88. The van der Waals surface area contributed by atoms with Gasteiger partial charge in [-0.05, 0) is 31.6 Å². The fraction of sp³-hybridized carbons (Fsp3) is 0.692. The molecule has 2 rings (SSSR count). The van der Waals surface area contributed by atoms with Crippen molar-refractivity contribution in [2.24, 2.45) is 11.8 Å². The Kier molecular flexibility index (Phi) is 3.89. The number of aliphatic carboxylic acids is 1. The Labute approximate surface area is 106 Å². The third kappa shape index (κ3) is 2.49. The first-order valence-electron chi connectivity index (χ1n) is 6.40. The number of amides is 1. The third-order valence-electron chi connectivity index (χ3n) is 3.99. The summed E-state index contributed by atoms with van der Waals surface area (Å²) in [5.74, 6) is -0.632. The number of likely N-dealkylation sites (tertiary alicyclic amines) is 1. The molecule has 2 aliphatic rings. The highest BCUT2D eigenvalue weighted by molar-refractivity contribution is 5.71. The molecule has 0 aromatic carbocycles. The van der Waals surface area contributed by atoms with Gasteiger partial charge in [0.05, 0.1) is 5.92 Å². The van der Waals surface area contributed by atoms with Crippen LogP contribution in [0.1, 0.15) is 25.7 Å². The van der Waals surface area contributed by atoms with E-state index in [0.717, 1.165) is 12.8 Å². The van der Waals surface area contributed by atoms with Crippen molar-refractivity contribution in [1.82, 2.24) is 4.90 Å². The summed E-state index contributed by atoms with van der Waals surface area (Å²) < 4.78 is 5.05. The molecule has 0 aromatic heterocycles. The minimum atomic E-state index is -0.707. The Hall–Kier alpha value is -1.52. The van der Waals surface area contributed by atoms with Crippen LogP contribution in [0.2, 0.25) is 0 Å². The lowest BCUT2D eigenvalue weighted by Crippen LogP contribution is -2.41. The van der Waals surface area contributed by atoms with Crippen LogP contribution in [0, 0.1) is 11.8 Å². The summed E-state index contributed by atoms with van der Waals surface area (Å²) in [5, 5.41) is 9.03. The van der Waals surface area contributed by atoms with Crippen molar-refractivity contribution in [2.75, 3.05) is 13.2 Å². The van der Waals surface area contributed by atoms with Crippen LogP contribution < -0.4 is 0 Å². The highest BCUT2D eigenvalue weighted by Crippen LogP contribution is 2.39. The van der Waals surface area contributed by atoms with Crippen LogP contribution >= 0.6 is 0 Å². The fourth-order valence-corrected chi connectivity index (χ4v) is 3.10. The van der Waals surface area contributed by atoms with Crippen LogP contribution in [0.5, 0.6) is 0 Å². The van der Waals surface area contributed by atoms with E-state index in [4.69, 9.17) is 9.84 Å². The quantitative estimate of drug-likeness (QED) is 0.780. The van der Waals surface area contributed by atoms with Crippen molar-refractivity contribution in [1.29, 1.82) is 0 Å². The van der Waals surface area contributed by atoms with Gasteiger partial charge in [0.1, 0.15) is 6.61 Å². The van der Waals surface area contributed by atoms with Crippen molar-refractivity contribution in [3.05, 3.63) is 12.7 Å². The zero-order chi connectivity index (χ0) is 13.1. The molecular formula is C13H19NO4. The smallest absolute Gasteiger partial charge is 0.410 e. The van der Waals surface area contributed by atoms with Gasteiger partial charge >= 0.3 is 12.1 Å². The second-order valence-corrected chi connectivity index (χ2v) is 5.02. The number of carboxylic acid groups (broad SMARTS) is 1. The first-order chi connectivity index (χ1) is 8.63. The van der Waals surface area contributed by atoms with Gasteiger partial charge in [-0.15, -0.1) is 0 Å². The third-order valence-corrected chi connectivity index (χ3v) is 3.99. The molecule has 0 spiro atoms. The van der Waals surface area contributed by atoms with Gasteiger partial charge in [-0.3, -0.25) is 4.79 Å². The van der Waals surface area contributed by atoms with Gasteiger partial charge in [-0.2, -0.15) is 0 Å². The van der Waals surface area contributed by atoms with E-state index in [-0.39, 0.29) is 24.7 Å². The molecule has 5 nitrogen and oxygen atoms in total. The Morgan fingerprint density at radius 3 is 2.83 bits per heavy atom. The molecule has 0 bridgehead atoms. The maximum absolute atomic E-state index is 11.8. The summed E-state index contributed by atoms with van der Waals surface area (Å²) >= 11 is 0. The minimum Gasteiger partial charge on any atom is -0.481 e. The monoisotopic (exact) mass is 253 g/mol. The minimum absolute atomic E-state index is 0.165. The Bertz CT molecular complexity index is 355. The van der Waals surface area contributed by atoms with Gasteiger partial charge in [0.25, 0.3) is 0 Å². The second kappa shape index (κ2) is 5.42. The topological polar surface area (TPSA) is 66.8 Å². The van der Waals surface area contributed by atoms with Crippen molar-refractivity contribution >= 4 is 12.1 Å². The van der Waals surface area contributed by atoms with E-state index >= 15 is 0 Å². The average Bonchev–Trinajstić information content (AvgIpc) is 2.78. The number of hydrogen-bond donors (Lipinski definition) is 1. The van der Waals surface area contributed by atoms with Crippen LogP contribution in [-0.4, -0.2) is 41.3 Å². The standard InChI is InChI=1S/C13H19NO4/c1-2-7-18-13(17)14-6-5-9-8-10(12(15)16)3-4-11(9)14/h2,9-11H,1,3-8H2,(H,15,16). The average molecular weight is 253 g/mol. The van der Waals surface area contributed by atoms with E-state index < -0.39 is 5.97 Å². The van der Waals surface area contributed by atoms with Crippen molar-refractivity contribution in [2.45, 2.75) is 31.7 Å². The van der Waals surface area contributed by atoms with E-state index in [9.17, 15) is 9.59 Å². The number of fused-ring (bicyclic) bond motifs is 1. The van der Waals surface area contributed by atoms with Crippen molar-refractivity contribution in [3.63, 3.8) is 0 Å². The number of nitrogens with zero attached hydrogens (tertiary/aromatic N) is 1. The summed E-state index contributed by atoms with van der Waals surface area (Å²) in [6.07, 6.45) is 4.25. The lowest BCUT2D eigenvalue weighted by atomic mass is 9.78. The van der Waals surface area contributed by atoms with Crippen LogP contribution in [-0.2, 0) is 9.53 Å². The zero-order valence-corrected chi connectivity index (χ0v) is 10.4. The van der Waals surface area contributed by atoms with E-state index in [1.807, 2.05) is 0 Å². The summed E-state index contributed by atoms with van der Waals surface area (Å²) in [5.41, 5.74) is 0. The molecule has 18 heavy (non-hydrogen) atoms. The van der Waals surface area contributed by atoms with Gasteiger partial charge in [0, 0.05) is 12.6 Å². The lowest BCUT2D eigenvalue weighted by molar-refractivity contribution is -0.143. The summed E-state index contributed by atoms with van der Waals surface area (Å²) in [7, 11) is 0. The van der Waals surface area contributed by atoms with E-state index in [1.54, 1.807) is 11.0 Å². The molecule has 100 valence electrons. The largest absolute Gasteiger partial charge is 0.481 e. The Morgan fingerprint density at radius 1 is 1.39 bits per heavy atom. The van der Waals surface area contributed by atoms with Gasteiger partial charge in [0.2, 0.25) is 0 Å². The number of hydrogen-bond acceptors (Lipinski definition) is 3. The molecule has 2 fully saturated rings. The van der Waals surface area contributed by atoms with Crippen LogP contribution in [0.25, 0.3) is 0 Å². The Balaban J connectivity index is 1.93.